The second kappa shape index (κ2) is 3.44. The predicted octanol–water partition coefficient (Wildman–Crippen LogP) is -0.0799. The highest BCUT2D eigenvalue weighted by atomic mass is 16.5. The summed E-state index contributed by atoms with van der Waals surface area (Å²) in [5.74, 6) is -0.932. The topological polar surface area (TPSA) is 66.8 Å². The standard InChI is InChI=1S/C9H9BO4/c11-9(12)5-8-6-3-1-2-4-7(6)10(13)14-8/h1-4,8,13H,5H2,(H,11,12)/t8-/m0/s1. The van der Waals surface area contributed by atoms with E-state index >= 15 is 0 Å². The van der Waals surface area contributed by atoms with Gasteiger partial charge in [0.2, 0.25) is 0 Å². The molecule has 0 aliphatic carbocycles. The van der Waals surface area contributed by atoms with Gasteiger partial charge in [-0.3, -0.25) is 4.79 Å². The molecule has 0 fully saturated rings. The van der Waals surface area contributed by atoms with Crippen molar-refractivity contribution in [2.45, 2.75) is 12.5 Å². The highest BCUT2D eigenvalue weighted by Crippen LogP contribution is 2.25. The molecule has 0 bridgehead atoms. The summed E-state index contributed by atoms with van der Waals surface area (Å²) < 4.78 is 5.12. The number of rotatable bonds is 2. The number of hydrogen-bond acceptors (Lipinski definition) is 3. The molecule has 1 aliphatic rings. The quantitative estimate of drug-likeness (QED) is 0.643. The Morgan fingerprint density at radius 3 is 2.93 bits per heavy atom. The van der Waals surface area contributed by atoms with E-state index in [4.69, 9.17) is 9.76 Å². The van der Waals surface area contributed by atoms with Crippen LogP contribution in [0.1, 0.15) is 18.1 Å². The van der Waals surface area contributed by atoms with E-state index < -0.39 is 19.2 Å². The van der Waals surface area contributed by atoms with E-state index in [1.165, 1.54) is 0 Å². The molecule has 0 spiro atoms. The van der Waals surface area contributed by atoms with Gasteiger partial charge in [-0.2, -0.15) is 0 Å². The molecule has 1 aliphatic heterocycles. The summed E-state index contributed by atoms with van der Waals surface area (Å²) >= 11 is 0. The van der Waals surface area contributed by atoms with Gasteiger partial charge in [-0.05, 0) is 11.0 Å². The van der Waals surface area contributed by atoms with E-state index in [2.05, 4.69) is 0 Å². The summed E-state index contributed by atoms with van der Waals surface area (Å²) in [5, 5.41) is 18.1. The average molecular weight is 192 g/mol. The summed E-state index contributed by atoms with van der Waals surface area (Å²) in [6.07, 6.45) is -0.646. The fourth-order valence-electron chi connectivity index (χ4n) is 1.65. The first kappa shape index (κ1) is 9.24. The zero-order valence-corrected chi connectivity index (χ0v) is 7.38. The van der Waals surface area contributed by atoms with Crippen molar-refractivity contribution in [1.29, 1.82) is 0 Å². The zero-order valence-electron chi connectivity index (χ0n) is 7.38. The maximum Gasteiger partial charge on any atom is 0.491 e. The third kappa shape index (κ3) is 1.52. The van der Waals surface area contributed by atoms with Crippen LogP contribution in [-0.2, 0) is 9.45 Å². The third-order valence-corrected chi connectivity index (χ3v) is 2.26. The van der Waals surface area contributed by atoms with Crippen LogP contribution in [-0.4, -0.2) is 23.2 Å². The zero-order chi connectivity index (χ0) is 10.1. The van der Waals surface area contributed by atoms with Gasteiger partial charge in [0, 0.05) is 0 Å². The maximum atomic E-state index is 10.5. The molecule has 1 aromatic rings. The van der Waals surface area contributed by atoms with Crippen molar-refractivity contribution >= 4 is 18.6 Å². The van der Waals surface area contributed by atoms with Crippen molar-refractivity contribution in [3.8, 4) is 0 Å². The minimum atomic E-state index is -0.990. The first-order valence-corrected chi connectivity index (χ1v) is 4.32. The number of benzene rings is 1. The molecule has 72 valence electrons. The predicted molar refractivity (Wildman–Crippen MR) is 50.1 cm³/mol. The summed E-state index contributed by atoms with van der Waals surface area (Å²) in [5.41, 5.74) is 1.43. The fourth-order valence-corrected chi connectivity index (χ4v) is 1.65. The van der Waals surface area contributed by atoms with Crippen LogP contribution in [0.4, 0.5) is 0 Å². The highest BCUT2D eigenvalue weighted by Gasteiger charge is 2.35. The lowest BCUT2D eigenvalue weighted by Gasteiger charge is -2.08. The Kier molecular flexibility index (Phi) is 2.27. The molecule has 0 aromatic heterocycles. The molecule has 2 N–H and O–H groups in total. The van der Waals surface area contributed by atoms with Gasteiger partial charge in [0.15, 0.2) is 0 Å². The van der Waals surface area contributed by atoms with Gasteiger partial charge in [-0.1, -0.05) is 24.3 Å². The Balaban J connectivity index is 2.29. The second-order valence-electron chi connectivity index (χ2n) is 3.20. The maximum absolute atomic E-state index is 10.5. The Labute approximate surface area is 81.3 Å². The van der Waals surface area contributed by atoms with E-state index in [1.54, 1.807) is 24.3 Å². The van der Waals surface area contributed by atoms with Crippen LogP contribution >= 0.6 is 0 Å². The molecule has 0 unspecified atom stereocenters. The number of carboxylic acid groups (broad SMARTS) is 1. The van der Waals surface area contributed by atoms with Gasteiger partial charge in [-0.15, -0.1) is 0 Å². The van der Waals surface area contributed by atoms with Crippen LogP contribution in [0.5, 0.6) is 0 Å². The molecule has 1 aromatic carbocycles. The van der Waals surface area contributed by atoms with E-state index in [9.17, 15) is 9.82 Å². The Bertz CT molecular complexity index is 366. The first-order valence-electron chi connectivity index (χ1n) is 4.32. The van der Waals surface area contributed by atoms with Crippen molar-refractivity contribution in [2.24, 2.45) is 0 Å². The van der Waals surface area contributed by atoms with Crippen molar-refractivity contribution in [1.82, 2.24) is 0 Å². The van der Waals surface area contributed by atoms with Gasteiger partial charge in [-0.25, -0.2) is 0 Å². The second-order valence-corrected chi connectivity index (χ2v) is 3.20. The Morgan fingerprint density at radius 1 is 1.50 bits per heavy atom. The molecule has 14 heavy (non-hydrogen) atoms. The summed E-state index contributed by atoms with van der Waals surface area (Å²) in [7, 11) is -0.990. The van der Waals surface area contributed by atoms with Gasteiger partial charge in [0.1, 0.15) is 0 Å². The van der Waals surface area contributed by atoms with Crippen LogP contribution in [0.25, 0.3) is 0 Å². The molecule has 5 heteroatoms. The van der Waals surface area contributed by atoms with E-state index in [1.807, 2.05) is 0 Å². The average Bonchev–Trinajstić information content (AvgIpc) is 2.44. The molecule has 1 heterocycles. The lowest BCUT2D eigenvalue weighted by atomic mass is 9.79. The monoisotopic (exact) mass is 192 g/mol. The summed E-state index contributed by atoms with van der Waals surface area (Å²) in [4.78, 5) is 10.5. The molecular formula is C9H9BO4. The van der Waals surface area contributed by atoms with E-state index in [0.717, 1.165) is 5.56 Å². The Morgan fingerprint density at radius 2 is 2.21 bits per heavy atom. The molecule has 0 saturated heterocycles. The van der Waals surface area contributed by atoms with Crippen molar-refractivity contribution < 1.29 is 19.6 Å². The third-order valence-electron chi connectivity index (χ3n) is 2.26. The summed E-state index contributed by atoms with van der Waals surface area (Å²) in [6, 6.07) is 7.10. The Hall–Kier alpha value is -1.33. The van der Waals surface area contributed by atoms with Gasteiger partial charge in [0.05, 0.1) is 12.5 Å². The smallest absolute Gasteiger partial charge is 0.481 e. The normalized spacial score (nSPS) is 19.5. The minimum Gasteiger partial charge on any atom is -0.481 e. The lowest BCUT2D eigenvalue weighted by Crippen LogP contribution is -2.27. The molecule has 0 radical (unpaired) electrons. The largest absolute Gasteiger partial charge is 0.491 e. The lowest BCUT2D eigenvalue weighted by molar-refractivity contribution is -0.138. The van der Waals surface area contributed by atoms with Crippen LogP contribution < -0.4 is 5.46 Å². The van der Waals surface area contributed by atoms with Gasteiger partial charge in [0.25, 0.3) is 0 Å². The number of fused-ring (bicyclic) bond motifs is 1. The van der Waals surface area contributed by atoms with Crippen LogP contribution in [0.3, 0.4) is 0 Å². The van der Waals surface area contributed by atoms with E-state index in [0.29, 0.717) is 5.46 Å². The molecule has 0 saturated carbocycles. The first-order chi connectivity index (χ1) is 6.68. The van der Waals surface area contributed by atoms with Gasteiger partial charge >= 0.3 is 13.1 Å². The molecule has 2 rings (SSSR count). The van der Waals surface area contributed by atoms with E-state index in [-0.39, 0.29) is 6.42 Å². The van der Waals surface area contributed by atoms with Crippen LogP contribution in [0.15, 0.2) is 24.3 Å². The SMILES string of the molecule is O=C(O)C[C@@H]1OB(O)c2ccccc21. The molecule has 0 amide bonds. The number of carboxylic acids is 1. The number of carbonyl (C=O) groups is 1. The molecular weight excluding hydrogens is 183 g/mol. The fraction of sp³-hybridized carbons (Fsp3) is 0.222. The molecule has 1 atom stereocenters. The number of aliphatic carboxylic acids is 1. The van der Waals surface area contributed by atoms with Crippen LogP contribution in [0.2, 0.25) is 0 Å². The minimum absolute atomic E-state index is 0.117. The molecule has 4 nitrogen and oxygen atoms in total. The van der Waals surface area contributed by atoms with Crippen LogP contribution in [0, 0.1) is 0 Å². The summed E-state index contributed by atoms with van der Waals surface area (Å²) in [6.45, 7) is 0. The van der Waals surface area contributed by atoms with Gasteiger partial charge < -0.3 is 14.8 Å². The number of hydrogen-bond donors (Lipinski definition) is 2. The highest BCUT2D eigenvalue weighted by molar-refractivity contribution is 6.61. The van der Waals surface area contributed by atoms with Crippen molar-refractivity contribution in [3.63, 3.8) is 0 Å². The van der Waals surface area contributed by atoms with Crippen molar-refractivity contribution in [2.75, 3.05) is 0 Å². The van der Waals surface area contributed by atoms with Crippen molar-refractivity contribution in [3.05, 3.63) is 29.8 Å².